The molecule has 0 bridgehead atoms. The first-order chi connectivity index (χ1) is 10.4. The Morgan fingerprint density at radius 1 is 1.36 bits per heavy atom. The Morgan fingerprint density at radius 3 is 2.59 bits per heavy atom. The van der Waals surface area contributed by atoms with E-state index in [4.69, 9.17) is 4.74 Å². The molecule has 1 fully saturated rings. The summed E-state index contributed by atoms with van der Waals surface area (Å²) in [6.45, 7) is 4.41. The SMILES string of the molecule is CCOc1ccc([C@@H](C)NC(=O)N[C@@H]2CCS(=O)(=O)C2)cc1. The molecule has 2 atom stereocenters. The minimum Gasteiger partial charge on any atom is -0.494 e. The van der Waals surface area contributed by atoms with E-state index in [0.29, 0.717) is 13.0 Å². The Hall–Kier alpha value is -1.76. The van der Waals surface area contributed by atoms with Crippen molar-refractivity contribution in [1.82, 2.24) is 10.6 Å². The minimum absolute atomic E-state index is 0.0256. The summed E-state index contributed by atoms with van der Waals surface area (Å²) in [7, 11) is -2.99. The van der Waals surface area contributed by atoms with Crippen LogP contribution in [0.15, 0.2) is 24.3 Å². The van der Waals surface area contributed by atoms with Gasteiger partial charge in [0.2, 0.25) is 0 Å². The number of carbonyl (C=O) groups excluding carboxylic acids is 1. The molecule has 22 heavy (non-hydrogen) atoms. The molecule has 1 aliphatic rings. The Kier molecular flexibility index (Phi) is 5.28. The van der Waals surface area contributed by atoms with Gasteiger partial charge in [0.05, 0.1) is 24.2 Å². The maximum Gasteiger partial charge on any atom is 0.315 e. The minimum atomic E-state index is -2.99. The molecule has 7 heteroatoms. The lowest BCUT2D eigenvalue weighted by Crippen LogP contribution is -2.43. The van der Waals surface area contributed by atoms with E-state index in [1.807, 2.05) is 38.1 Å². The zero-order valence-corrected chi connectivity index (χ0v) is 13.7. The Morgan fingerprint density at radius 2 is 2.05 bits per heavy atom. The highest BCUT2D eigenvalue weighted by Crippen LogP contribution is 2.18. The van der Waals surface area contributed by atoms with Crippen molar-refractivity contribution in [2.75, 3.05) is 18.1 Å². The van der Waals surface area contributed by atoms with E-state index < -0.39 is 9.84 Å². The first-order valence-corrected chi connectivity index (χ1v) is 9.22. The van der Waals surface area contributed by atoms with Crippen LogP contribution in [0.25, 0.3) is 0 Å². The van der Waals surface area contributed by atoms with Crippen LogP contribution in [0.3, 0.4) is 0 Å². The van der Waals surface area contributed by atoms with Gasteiger partial charge < -0.3 is 15.4 Å². The predicted octanol–water partition coefficient (Wildman–Crippen LogP) is 1.63. The molecule has 2 amide bonds. The molecule has 1 aromatic rings. The van der Waals surface area contributed by atoms with Crippen molar-refractivity contribution in [3.63, 3.8) is 0 Å². The fourth-order valence-corrected chi connectivity index (χ4v) is 4.11. The quantitative estimate of drug-likeness (QED) is 0.861. The number of benzene rings is 1. The van der Waals surface area contributed by atoms with Crippen molar-refractivity contribution in [3.05, 3.63) is 29.8 Å². The summed E-state index contributed by atoms with van der Waals surface area (Å²) < 4.78 is 28.1. The number of sulfone groups is 1. The molecule has 0 aromatic heterocycles. The molecule has 0 radical (unpaired) electrons. The van der Waals surface area contributed by atoms with Gasteiger partial charge in [0.1, 0.15) is 5.75 Å². The summed E-state index contributed by atoms with van der Waals surface area (Å²) in [4.78, 5) is 11.9. The van der Waals surface area contributed by atoms with Crippen molar-refractivity contribution in [2.45, 2.75) is 32.4 Å². The van der Waals surface area contributed by atoms with Crippen molar-refractivity contribution in [2.24, 2.45) is 0 Å². The zero-order chi connectivity index (χ0) is 16.2. The topological polar surface area (TPSA) is 84.5 Å². The molecule has 2 rings (SSSR count). The van der Waals surface area contributed by atoms with Crippen LogP contribution in [-0.2, 0) is 9.84 Å². The van der Waals surface area contributed by atoms with Crippen LogP contribution in [0.5, 0.6) is 5.75 Å². The number of amides is 2. The average molecular weight is 326 g/mol. The van der Waals surface area contributed by atoms with E-state index in [1.165, 1.54) is 0 Å². The van der Waals surface area contributed by atoms with Gasteiger partial charge in [-0.2, -0.15) is 0 Å². The number of ether oxygens (including phenoxy) is 1. The summed E-state index contributed by atoms with van der Waals surface area (Å²) in [6.07, 6.45) is 0.479. The van der Waals surface area contributed by atoms with E-state index in [9.17, 15) is 13.2 Å². The molecule has 0 saturated carbocycles. The third-order valence-corrected chi connectivity index (χ3v) is 5.37. The molecule has 1 aliphatic heterocycles. The molecular weight excluding hydrogens is 304 g/mol. The molecule has 1 heterocycles. The molecule has 2 N–H and O–H groups in total. The molecule has 0 aliphatic carbocycles. The smallest absolute Gasteiger partial charge is 0.315 e. The summed E-state index contributed by atoms with van der Waals surface area (Å²) in [6, 6.07) is 6.71. The van der Waals surface area contributed by atoms with E-state index in [0.717, 1.165) is 11.3 Å². The zero-order valence-electron chi connectivity index (χ0n) is 12.8. The van der Waals surface area contributed by atoms with Crippen molar-refractivity contribution < 1.29 is 17.9 Å². The number of carbonyl (C=O) groups is 1. The predicted molar refractivity (Wildman–Crippen MR) is 84.8 cm³/mol. The van der Waals surface area contributed by atoms with Gasteiger partial charge in [0, 0.05) is 6.04 Å². The second-order valence-corrected chi connectivity index (χ2v) is 7.67. The number of rotatable bonds is 5. The van der Waals surface area contributed by atoms with Gasteiger partial charge in [-0.15, -0.1) is 0 Å². The fraction of sp³-hybridized carbons (Fsp3) is 0.533. The van der Waals surface area contributed by atoms with Crippen LogP contribution < -0.4 is 15.4 Å². The Labute approximate surface area is 131 Å². The van der Waals surface area contributed by atoms with Crippen LogP contribution in [0.4, 0.5) is 4.79 Å². The van der Waals surface area contributed by atoms with Gasteiger partial charge in [-0.3, -0.25) is 0 Å². The monoisotopic (exact) mass is 326 g/mol. The maximum absolute atomic E-state index is 11.9. The highest BCUT2D eigenvalue weighted by molar-refractivity contribution is 7.91. The van der Waals surface area contributed by atoms with Gasteiger partial charge in [-0.1, -0.05) is 12.1 Å². The lowest BCUT2D eigenvalue weighted by molar-refractivity contribution is 0.235. The molecule has 0 unspecified atom stereocenters. The summed E-state index contributed by atoms with van der Waals surface area (Å²) in [5, 5.41) is 5.53. The Balaban J connectivity index is 1.85. The third kappa shape index (κ3) is 4.62. The molecule has 6 nitrogen and oxygen atoms in total. The fourth-order valence-electron chi connectivity index (χ4n) is 2.44. The molecular formula is C15H22N2O4S. The standard InChI is InChI=1S/C15H22N2O4S/c1-3-21-14-6-4-12(5-7-14)11(2)16-15(18)17-13-8-9-22(19,20)10-13/h4-7,11,13H,3,8-10H2,1-2H3,(H2,16,17,18)/t11-,13-/m1/s1. The van der Waals surface area contributed by atoms with Gasteiger partial charge >= 0.3 is 6.03 Å². The summed E-state index contributed by atoms with van der Waals surface area (Å²) >= 11 is 0. The van der Waals surface area contributed by atoms with E-state index in [2.05, 4.69) is 10.6 Å². The first kappa shape index (κ1) is 16.6. The number of nitrogens with one attached hydrogen (secondary N) is 2. The van der Waals surface area contributed by atoms with Crippen molar-refractivity contribution in [1.29, 1.82) is 0 Å². The molecule has 1 saturated heterocycles. The van der Waals surface area contributed by atoms with Crippen molar-refractivity contribution >= 4 is 15.9 Å². The number of hydrogen-bond acceptors (Lipinski definition) is 4. The van der Waals surface area contributed by atoms with Gasteiger partial charge in [0.25, 0.3) is 0 Å². The lowest BCUT2D eigenvalue weighted by Gasteiger charge is -2.17. The highest BCUT2D eigenvalue weighted by Gasteiger charge is 2.29. The normalized spacial score (nSPS) is 21.1. The summed E-state index contributed by atoms with van der Waals surface area (Å²) in [5.41, 5.74) is 0.956. The number of urea groups is 1. The second-order valence-electron chi connectivity index (χ2n) is 5.44. The van der Waals surface area contributed by atoms with E-state index in [1.54, 1.807) is 0 Å². The lowest BCUT2D eigenvalue weighted by atomic mass is 10.1. The number of hydrogen-bond donors (Lipinski definition) is 2. The maximum atomic E-state index is 11.9. The van der Waals surface area contributed by atoms with Crippen LogP contribution in [0.2, 0.25) is 0 Å². The van der Waals surface area contributed by atoms with Crippen LogP contribution >= 0.6 is 0 Å². The summed E-state index contributed by atoms with van der Waals surface area (Å²) in [5.74, 6) is 0.962. The van der Waals surface area contributed by atoms with Crippen molar-refractivity contribution in [3.8, 4) is 5.75 Å². The van der Waals surface area contributed by atoms with Crippen LogP contribution in [-0.4, -0.2) is 38.6 Å². The average Bonchev–Trinajstić information content (AvgIpc) is 2.78. The second kappa shape index (κ2) is 7.00. The highest BCUT2D eigenvalue weighted by atomic mass is 32.2. The molecule has 1 aromatic carbocycles. The Bertz CT molecular complexity index is 613. The van der Waals surface area contributed by atoms with Gasteiger partial charge in [-0.05, 0) is 38.0 Å². The van der Waals surface area contributed by atoms with E-state index >= 15 is 0 Å². The van der Waals surface area contributed by atoms with Gasteiger partial charge in [-0.25, -0.2) is 13.2 Å². The van der Waals surface area contributed by atoms with Gasteiger partial charge in [0.15, 0.2) is 9.84 Å². The first-order valence-electron chi connectivity index (χ1n) is 7.40. The molecule has 122 valence electrons. The largest absolute Gasteiger partial charge is 0.494 e. The van der Waals surface area contributed by atoms with E-state index in [-0.39, 0.29) is 29.6 Å². The van der Waals surface area contributed by atoms with Crippen LogP contribution in [0.1, 0.15) is 31.9 Å². The third-order valence-electron chi connectivity index (χ3n) is 3.61. The molecule has 0 spiro atoms. The van der Waals surface area contributed by atoms with Crippen LogP contribution in [0, 0.1) is 0 Å².